The van der Waals surface area contributed by atoms with Crippen molar-refractivity contribution in [1.82, 2.24) is 15.1 Å². The third kappa shape index (κ3) is 2.43. The molecule has 100 valence electrons. The maximum absolute atomic E-state index is 4.58. The van der Waals surface area contributed by atoms with Gasteiger partial charge in [0, 0.05) is 11.8 Å². The van der Waals surface area contributed by atoms with Gasteiger partial charge in [-0.1, -0.05) is 18.2 Å². The molecular weight excluding hydrogens is 234 g/mol. The van der Waals surface area contributed by atoms with Crippen LogP contribution in [0.4, 0.5) is 0 Å². The highest BCUT2D eigenvalue weighted by Crippen LogP contribution is 2.27. The summed E-state index contributed by atoms with van der Waals surface area (Å²) >= 11 is 0. The van der Waals surface area contributed by atoms with Crippen LogP contribution in [0, 0.1) is 13.8 Å². The van der Waals surface area contributed by atoms with Crippen LogP contribution in [0.25, 0.3) is 11.1 Å². The monoisotopic (exact) mass is 255 g/mol. The van der Waals surface area contributed by atoms with E-state index < -0.39 is 0 Å². The molecule has 3 heteroatoms. The molecule has 1 aromatic carbocycles. The fourth-order valence-electron chi connectivity index (χ4n) is 2.81. The van der Waals surface area contributed by atoms with Crippen LogP contribution in [0.5, 0.6) is 0 Å². The lowest BCUT2D eigenvalue weighted by atomic mass is 9.99. The third-order valence-corrected chi connectivity index (χ3v) is 4.20. The molecule has 2 heterocycles. The summed E-state index contributed by atoms with van der Waals surface area (Å²) in [5.74, 6) is 0. The first-order valence-electron chi connectivity index (χ1n) is 7.07. The van der Waals surface area contributed by atoms with E-state index in [-0.39, 0.29) is 0 Å². The van der Waals surface area contributed by atoms with E-state index in [0.29, 0.717) is 6.04 Å². The number of nitrogens with zero attached hydrogens (tertiary/aromatic N) is 2. The van der Waals surface area contributed by atoms with Crippen LogP contribution in [0.15, 0.2) is 30.6 Å². The maximum atomic E-state index is 4.58. The summed E-state index contributed by atoms with van der Waals surface area (Å²) in [7, 11) is 0. The van der Waals surface area contributed by atoms with E-state index in [1.54, 1.807) is 0 Å². The van der Waals surface area contributed by atoms with Gasteiger partial charge in [0.2, 0.25) is 0 Å². The van der Waals surface area contributed by atoms with Gasteiger partial charge in [-0.05, 0) is 56.5 Å². The van der Waals surface area contributed by atoms with Crippen molar-refractivity contribution < 1.29 is 0 Å². The Morgan fingerprint density at radius 1 is 1.21 bits per heavy atom. The zero-order valence-corrected chi connectivity index (χ0v) is 11.7. The van der Waals surface area contributed by atoms with Gasteiger partial charge in [-0.3, -0.25) is 4.68 Å². The van der Waals surface area contributed by atoms with Crippen molar-refractivity contribution in [1.29, 1.82) is 0 Å². The van der Waals surface area contributed by atoms with Crippen LogP contribution in [0.1, 0.15) is 30.0 Å². The number of hydrogen-bond donors (Lipinski definition) is 1. The summed E-state index contributed by atoms with van der Waals surface area (Å²) in [6.45, 7) is 6.55. The normalized spacial score (nSPS) is 16.7. The minimum Gasteiger partial charge on any atom is -0.317 e. The predicted octanol–water partition coefficient (Wildman–Crippen LogP) is 3.09. The second-order valence-electron chi connectivity index (χ2n) is 5.44. The fourth-order valence-corrected chi connectivity index (χ4v) is 2.81. The summed E-state index contributed by atoms with van der Waals surface area (Å²) in [4.78, 5) is 0. The largest absolute Gasteiger partial charge is 0.317 e. The second-order valence-corrected chi connectivity index (χ2v) is 5.44. The van der Waals surface area contributed by atoms with Crippen molar-refractivity contribution >= 4 is 0 Å². The number of rotatable bonds is 2. The number of aryl methyl sites for hydroxylation is 1. The van der Waals surface area contributed by atoms with E-state index in [9.17, 15) is 0 Å². The summed E-state index contributed by atoms with van der Waals surface area (Å²) in [6.07, 6.45) is 6.56. The van der Waals surface area contributed by atoms with E-state index in [1.165, 1.54) is 35.1 Å². The molecule has 1 aliphatic rings. The van der Waals surface area contributed by atoms with Gasteiger partial charge in [0.15, 0.2) is 0 Å². The zero-order valence-electron chi connectivity index (χ0n) is 11.7. The molecule has 19 heavy (non-hydrogen) atoms. The number of piperidine rings is 1. The van der Waals surface area contributed by atoms with Crippen LogP contribution < -0.4 is 5.32 Å². The molecule has 0 unspecified atom stereocenters. The van der Waals surface area contributed by atoms with Gasteiger partial charge in [-0.15, -0.1) is 0 Å². The molecule has 1 aliphatic heterocycles. The van der Waals surface area contributed by atoms with E-state index in [2.05, 4.69) is 53.3 Å². The molecule has 0 radical (unpaired) electrons. The molecule has 0 atom stereocenters. The molecule has 1 N–H and O–H groups in total. The smallest absolute Gasteiger partial charge is 0.0568 e. The lowest BCUT2D eigenvalue weighted by Gasteiger charge is -2.22. The summed E-state index contributed by atoms with van der Waals surface area (Å²) in [5.41, 5.74) is 5.24. The number of benzene rings is 1. The van der Waals surface area contributed by atoms with Crippen LogP contribution in [-0.2, 0) is 0 Å². The van der Waals surface area contributed by atoms with E-state index >= 15 is 0 Å². The van der Waals surface area contributed by atoms with Crippen LogP contribution in [0.2, 0.25) is 0 Å². The zero-order chi connectivity index (χ0) is 13.2. The van der Waals surface area contributed by atoms with E-state index in [0.717, 1.165) is 13.1 Å². The Bertz CT molecular complexity index is 565. The number of hydrogen-bond acceptors (Lipinski definition) is 2. The number of nitrogens with one attached hydrogen (secondary N) is 1. The van der Waals surface area contributed by atoms with E-state index in [4.69, 9.17) is 0 Å². The molecule has 0 saturated carbocycles. The first-order chi connectivity index (χ1) is 9.25. The van der Waals surface area contributed by atoms with Gasteiger partial charge in [0.25, 0.3) is 0 Å². The van der Waals surface area contributed by atoms with E-state index in [1.807, 2.05) is 6.20 Å². The summed E-state index contributed by atoms with van der Waals surface area (Å²) < 4.78 is 2.15. The Morgan fingerprint density at radius 2 is 2.00 bits per heavy atom. The highest BCUT2D eigenvalue weighted by atomic mass is 15.3. The minimum absolute atomic E-state index is 0.556. The lowest BCUT2D eigenvalue weighted by Crippen LogP contribution is -2.29. The molecule has 3 rings (SSSR count). The quantitative estimate of drug-likeness (QED) is 0.893. The predicted molar refractivity (Wildman–Crippen MR) is 78.3 cm³/mol. The van der Waals surface area contributed by atoms with Crippen molar-refractivity contribution in [2.45, 2.75) is 32.7 Å². The molecule has 0 spiro atoms. The van der Waals surface area contributed by atoms with Gasteiger partial charge in [-0.25, -0.2) is 0 Å². The molecule has 0 aliphatic carbocycles. The SMILES string of the molecule is Cc1cccc(-c2cnn(C3CCNCC3)c2)c1C. The summed E-state index contributed by atoms with van der Waals surface area (Å²) in [5, 5.41) is 7.97. The minimum atomic E-state index is 0.556. The summed E-state index contributed by atoms with van der Waals surface area (Å²) in [6, 6.07) is 7.03. The van der Waals surface area contributed by atoms with Crippen molar-refractivity contribution in [3.63, 3.8) is 0 Å². The Balaban J connectivity index is 1.90. The lowest BCUT2D eigenvalue weighted by molar-refractivity contribution is 0.343. The average molecular weight is 255 g/mol. The molecule has 1 fully saturated rings. The highest BCUT2D eigenvalue weighted by molar-refractivity contribution is 5.67. The Kier molecular flexibility index (Phi) is 3.38. The third-order valence-electron chi connectivity index (χ3n) is 4.20. The first kappa shape index (κ1) is 12.4. The van der Waals surface area contributed by atoms with Crippen LogP contribution in [-0.4, -0.2) is 22.9 Å². The van der Waals surface area contributed by atoms with Crippen molar-refractivity contribution in [3.05, 3.63) is 41.7 Å². The van der Waals surface area contributed by atoms with Crippen molar-refractivity contribution in [2.75, 3.05) is 13.1 Å². The van der Waals surface area contributed by atoms with Crippen molar-refractivity contribution in [2.24, 2.45) is 0 Å². The molecular formula is C16H21N3. The van der Waals surface area contributed by atoms with Gasteiger partial charge in [-0.2, -0.15) is 5.10 Å². The van der Waals surface area contributed by atoms with Crippen LogP contribution in [0.3, 0.4) is 0 Å². The molecule has 1 aromatic heterocycles. The van der Waals surface area contributed by atoms with Gasteiger partial charge in [0.05, 0.1) is 12.2 Å². The molecule has 3 nitrogen and oxygen atoms in total. The van der Waals surface area contributed by atoms with Crippen LogP contribution >= 0.6 is 0 Å². The Morgan fingerprint density at radius 3 is 2.79 bits per heavy atom. The second kappa shape index (κ2) is 5.17. The molecule has 1 saturated heterocycles. The van der Waals surface area contributed by atoms with Crippen molar-refractivity contribution in [3.8, 4) is 11.1 Å². The average Bonchev–Trinajstić information content (AvgIpc) is 2.92. The molecule has 0 amide bonds. The Labute approximate surface area is 114 Å². The van der Waals surface area contributed by atoms with Gasteiger partial charge < -0.3 is 5.32 Å². The Hall–Kier alpha value is -1.61. The maximum Gasteiger partial charge on any atom is 0.0568 e. The fraction of sp³-hybridized carbons (Fsp3) is 0.438. The first-order valence-corrected chi connectivity index (χ1v) is 7.07. The van der Waals surface area contributed by atoms with Gasteiger partial charge >= 0.3 is 0 Å². The number of aromatic nitrogens is 2. The topological polar surface area (TPSA) is 29.9 Å². The van der Waals surface area contributed by atoms with Gasteiger partial charge in [0.1, 0.15) is 0 Å². The highest BCUT2D eigenvalue weighted by Gasteiger charge is 2.16. The molecule has 0 bridgehead atoms. The molecule has 2 aromatic rings. The standard InChI is InChI=1S/C16H21N3/c1-12-4-3-5-16(13(12)2)14-10-18-19(11-14)15-6-8-17-9-7-15/h3-5,10-11,15,17H,6-9H2,1-2H3.